The number of carbonyl (C=O) groups is 2. The summed E-state index contributed by atoms with van der Waals surface area (Å²) in [5, 5.41) is 3.76. The molecular formula is C21H23N3O2. The van der Waals surface area contributed by atoms with E-state index < -0.39 is 6.04 Å². The van der Waals surface area contributed by atoms with Gasteiger partial charge in [-0.3, -0.25) is 14.5 Å². The molecule has 1 heterocycles. The molecule has 5 heteroatoms. The number of para-hydroxylation sites is 1. The highest BCUT2D eigenvalue weighted by molar-refractivity contribution is 6.10. The number of aryl methyl sites for hydroxylation is 1. The topological polar surface area (TPSA) is 65.2 Å². The number of amides is 1. The quantitative estimate of drug-likeness (QED) is 0.668. The van der Waals surface area contributed by atoms with Gasteiger partial charge in [0.05, 0.1) is 12.6 Å². The Morgan fingerprint density at radius 3 is 2.54 bits per heavy atom. The lowest BCUT2D eigenvalue weighted by Crippen LogP contribution is -2.40. The number of ketones is 1. The molecule has 0 aliphatic heterocycles. The minimum absolute atomic E-state index is 0.00640. The van der Waals surface area contributed by atoms with Gasteiger partial charge >= 0.3 is 0 Å². The van der Waals surface area contributed by atoms with Crippen molar-refractivity contribution in [1.82, 2.24) is 9.88 Å². The van der Waals surface area contributed by atoms with E-state index in [1.165, 1.54) is 0 Å². The summed E-state index contributed by atoms with van der Waals surface area (Å²) < 4.78 is 0. The van der Waals surface area contributed by atoms with E-state index in [1.54, 1.807) is 18.1 Å². The molecule has 0 radical (unpaired) electrons. The van der Waals surface area contributed by atoms with Crippen LogP contribution in [0.2, 0.25) is 0 Å². The number of anilines is 1. The first-order valence-electron chi connectivity index (χ1n) is 8.63. The molecule has 134 valence electrons. The third-order valence-electron chi connectivity index (χ3n) is 4.62. The SMILES string of the molecule is Cc1ccc(NC(=O)CN(C)[C@H](C)C(=O)c2c[nH]c3ccccc23)cc1. The van der Waals surface area contributed by atoms with Crippen molar-refractivity contribution in [3.63, 3.8) is 0 Å². The summed E-state index contributed by atoms with van der Waals surface area (Å²) in [5.41, 5.74) is 3.48. The van der Waals surface area contributed by atoms with Gasteiger partial charge in [0, 0.05) is 28.4 Å². The van der Waals surface area contributed by atoms with Gasteiger partial charge in [-0.2, -0.15) is 0 Å². The monoisotopic (exact) mass is 349 g/mol. The highest BCUT2D eigenvalue weighted by Crippen LogP contribution is 2.20. The Morgan fingerprint density at radius 2 is 1.81 bits per heavy atom. The number of Topliss-reactive ketones (excluding diaryl/α,β-unsaturated/α-hetero) is 1. The average molecular weight is 349 g/mol. The maximum atomic E-state index is 12.8. The zero-order valence-electron chi connectivity index (χ0n) is 15.2. The first kappa shape index (κ1) is 17.9. The summed E-state index contributed by atoms with van der Waals surface area (Å²) in [7, 11) is 1.78. The first-order chi connectivity index (χ1) is 12.5. The molecule has 3 rings (SSSR count). The zero-order chi connectivity index (χ0) is 18.7. The molecule has 0 unspecified atom stereocenters. The Kier molecular flexibility index (Phi) is 5.19. The highest BCUT2D eigenvalue weighted by atomic mass is 16.2. The van der Waals surface area contributed by atoms with Crippen LogP contribution in [0.3, 0.4) is 0 Å². The highest BCUT2D eigenvalue weighted by Gasteiger charge is 2.23. The molecule has 3 aromatic rings. The summed E-state index contributed by atoms with van der Waals surface area (Å²) in [5.74, 6) is -0.150. The molecule has 0 bridgehead atoms. The van der Waals surface area contributed by atoms with Crippen molar-refractivity contribution in [2.45, 2.75) is 19.9 Å². The van der Waals surface area contributed by atoms with Crippen molar-refractivity contribution < 1.29 is 9.59 Å². The Hall–Kier alpha value is -2.92. The van der Waals surface area contributed by atoms with Crippen LogP contribution < -0.4 is 5.32 Å². The summed E-state index contributed by atoms with van der Waals surface area (Å²) in [6.07, 6.45) is 1.74. The Labute approximate surface area is 153 Å². The fraction of sp³-hybridized carbons (Fsp3) is 0.238. The Balaban J connectivity index is 1.65. The number of fused-ring (bicyclic) bond motifs is 1. The maximum Gasteiger partial charge on any atom is 0.238 e. The second-order valence-electron chi connectivity index (χ2n) is 6.62. The van der Waals surface area contributed by atoms with E-state index in [0.29, 0.717) is 5.56 Å². The van der Waals surface area contributed by atoms with Crippen LogP contribution in [0.1, 0.15) is 22.8 Å². The number of hydrogen-bond donors (Lipinski definition) is 2. The van der Waals surface area contributed by atoms with Gasteiger partial charge in [-0.15, -0.1) is 0 Å². The van der Waals surface area contributed by atoms with E-state index >= 15 is 0 Å². The summed E-state index contributed by atoms with van der Waals surface area (Å²) in [4.78, 5) is 30.0. The van der Waals surface area contributed by atoms with Gasteiger partial charge in [0.1, 0.15) is 0 Å². The molecule has 0 aliphatic rings. The smallest absolute Gasteiger partial charge is 0.238 e. The van der Waals surface area contributed by atoms with E-state index in [4.69, 9.17) is 0 Å². The summed E-state index contributed by atoms with van der Waals surface area (Å²) >= 11 is 0. The predicted molar refractivity (Wildman–Crippen MR) is 105 cm³/mol. The van der Waals surface area contributed by atoms with Gasteiger partial charge in [-0.1, -0.05) is 35.9 Å². The molecule has 5 nitrogen and oxygen atoms in total. The van der Waals surface area contributed by atoms with E-state index in [9.17, 15) is 9.59 Å². The number of nitrogens with zero attached hydrogens (tertiary/aromatic N) is 1. The van der Waals surface area contributed by atoms with Crippen molar-refractivity contribution in [3.05, 3.63) is 65.9 Å². The normalized spacial score (nSPS) is 12.3. The third-order valence-corrected chi connectivity index (χ3v) is 4.62. The predicted octanol–water partition coefficient (Wildman–Crippen LogP) is 3.62. The fourth-order valence-corrected chi connectivity index (χ4v) is 2.90. The Bertz CT molecular complexity index is 928. The molecule has 0 spiro atoms. The molecule has 1 amide bonds. The van der Waals surface area contributed by atoms with Crippen molar-refractivity contribution in [3.8, 4) is 0 Å². The minimum Gasteiger partial charge on any atom is -0.360 e. The van der Waals surface area contributed by atoms with Crippen LogP contribution in [-0.4, -0.2) is 41.2 Å². The standard InChI is InChI=1S/C21H23N3O2/c1-14-8-10-16(11-9-14)23-20(25)13-24(3)15(2)21(26)18-12-22-19-7-5-4-6-17(18)19/h4-12,15,22H,13H2,1-3H3,(H,23,25)/t15-/m1/s1. The molecule has 1 aromatic heterocycles. The van der Waals surface area contributed by atoms with Gasteiger partial charge in [-0.05, 0) is 39.1 Å². The first-order valence-corrected chi connectivity index (χ1v) is 8.63. The molecule has 0 fully saturated rings. The van der Waals surface area contributed by atoms with Crippen molar-refractivity contribution in [2.75, 3.05) is 18.9 Å². The van der Waals surface area contributed by atoms with Crippen LogP contribution in [0.25, 0.3) is 10.9 Å². The number of aromatic amines is 1. The number of rotatable bonds is 6. The van der Waals surface area contributed by atoms with Crippen molar-refractivity contribution in [1.29, 1.82) is 0 Å². The number of hydrogen-bond acceptors (Lipinski definition) is 3. The van der Waals surface area contributed by atoms with Crippen molar-refractivity contribution in [2.24, 2.45) is 0 Å². The van der Waals surface area contributed by atoms with Crippen LogP contribution in [0.4, 0.5) is 5.69 Å². The molecule has 26 heavy (non-hydrogen) atoms. The number of benzene rings is 2. The van der Waals surface area contributed by atoms with Gasteiger partial charge < -0.3 is 10.3 Å². The molecule has 2 N–H and O–H groups in total. The van der Waals surface area contributed by atoms with Crippen LogP contribution >= 0.6 is 0 Å². The number of likely N-dealkylation sites (N-methyl/N-ethyl adjacent to an activating group) is 1. The number of carbonyl (C=O) groups excluding carboxylic acids is 2. The maximum absolute atomic E-state index is 12.8. The lowest BCUT2D eigenvalue weighted by molar-refractivity contribution is -0.117. The largest absolute Gasteiger partial charge is 0.360 e. The second-order valence-corrected chi connectivity index (χ2v) is 6.62. The van der Waals surface area contributed by atoms with Crippen LogP contribution in [-0.2, 0) is 4.79 Å². The van der Waals surface area contributed by atoms with Gasteiger partial charge in [-0.25, -0.2) is 0 Å². The van der Waals surface area contributed by atoms with E-state index in [1.807, 2.05) is 62.4 Å². The summed E-state index contributed by atoms with van der Waals surface area (Å²) in [6, 6.07) is 14.9. The molecular weight excluding hydrogens is 326 g/mol. The Morgan fingerprint density at radius 1 is 1.12 bits per heavy atom. The van der Waals surface area contributed by atoms with Gasteiger partial charge in [0.25, 0.3) is 0 Å². The zero-order valence-corrected chi connectivity index (χ0v) is 15.2. The minimum atomic E-state index is -0.405. The van der Waals surface area contributed by atoms with Crippen molar-refractivity contribution >= 4 is 28.3 Å². The number of nitrogens with one attached hydrogen (secondary N) is 2. The molecule has 2 aromatic carbocycles. The van der Waals surface area contributed by atoms with Crippen LogP contribution in [0, 0.1) is 6.92 Å². The van der Waals surface area contributed by atoms with Crippen LogP contribution in [0.15, 0.2) is 54.7 Å². The lowest BCUT2D eigenvalue weighted by atomic mass is 10.0. The van der Waals surface area contributed by atoms with E-state index in [0.717, 1.165) is 22.2 Å². The van der Waals surface area contributed by atoms with Gasteiger partial charge in [0.15, 0.2) is 5.78 Å². The third kappa shape index (κ3) is 3.83. The second kappa shape index (κ2) is 7.54. The number of aromatic nitrogens is 1. The van der Waals surface area contributed by atoms with Crippen LogP contribution in [0.5, 0.6) is 0 Å². The fourth-order valence-electron chi connectivity index (χ4n) is 2.90. The van der Waals surface area contributed by atoms with E-state index in [-0.39, 0.29) is 18.2 Å². The molecule has 0 saturated heterocycles. The molecule has 0 saturated carbocycles. The number of H-pyrrole nitrogens is 1. The molecule has 1 atom stereocenters. The summed E-state index contributed by atoms with van der Waals surface area (Å²) in [6.45, 7) is 3.96. The molecule has 0 aliphatic carbocycles. The van der Waals surface area contributed by atoms with E-state index in [2.05, 4.69) is 10.3 Å². The lowest BCUT2D eigenvalue weighted by Gasteiger charge is -2.22. The average Bonchev–Trinajstić information content (AvgIpc) is 3.06. The van der Waals surface area contributed by atoms with Gasteiger partial charge in [0.2, 0.25) is 5.91 Å².